The molecule has 70 valence electrons. The summed E-state index contributed by atoms with van der Waals surface area (Å²) in [5.41, 5.74) is 0.616. The lowest BCUT2D eigenvalue weighted by molar-refractivity contribution is 0.374. The summed E-state index contributed by atoms with van der Waals surface area (Å²) in [5.74, 6) is 0.431. The molecule has 0 spiro atoms. The highest BCUT2D eigenvalue weighted by molar-refractivity contribution is 7.19. The molecule has 4 nitrogen and oxygen atoms in total. The summed E-state index contributed by atoms with van der Waals surface area (Å²) in [6, 6.07) is 5.12. The van der Waals surface area contributed by atoms with Gasteiger partial charge in [0.25, 0.3) is 0 Å². The van der Waals surface area contributed by atoms with Gasteiger partial charge in [0.2, 0.25) is 0 Å². The van der Waals surface area contributed by atoms with Crippen molar-refractivity contribution >= 4 is 21.6 Å². The summed E-state index contributed by atoms with van der Waals surface area (Å²) in [6.07, 6.45) is 0. The molecule has 1 heterocycles. The van der Waals surface area contributed by atoms with E-state index in [1.54, 1.807) is 6.07 Å². The van der Waals surface area contributed by atoms with Gasteiger partial charge in [0.05, 0.1) is 17.3 Å². The third-order valence-electron chi connectivity index (χ3n) is 1.78. The first-order chi connectivity index (χ1) is 6.74. The molecule has 1 aromatic heterocycles. The van der Waals surface area contributed by atoms with E-state index in [1.165, 1.54) is 24.5 Å². The maximum absolute atomic E-state index is 9.45. The molecule has 0 aliphatic rings. The Morgan fingerprint density at radius 2 is 2.36 bits per heavy atom. The van der Waals surface area contributed by atoms with Gasteiger partial charge in [-0.3, -0.25) is 0 Å². The van der Waals surface area contributed by atoms with Gasteiger partial charge in [0.1, 0.15) is 6.07 Å². The predicted octanol–water partition coefficient (Wildman–Crippen LogP) is 1.88. The van der Waals surface area contributed by atoms with Crippen LogP contribution in [-0.2, 0) is 0 Å². The van der Waals surface area contributed by atoms with Crippen LogP contribution >= 0.6 is 11.3 Å². The topological polar surface area (TPSA) is 66.1 Å². The minimum absolute atomic E-state index is 0.0368. The molecule has 14 heavy (non-hydrogen) atoms. The highest BCUT2D eigenvalue weighted by Crippen LogP contribution is 2.33. The van der Waals surface area contributed by atoms with E-state index in [2.05, 4.69) is 4.98 Å². The van der Waals surface area contributed by atoms with Crippen LogP contribution in [0.25, 0.3) is 10.2 Å². The number of phenols is 1. The number of ether oxygens (including phenoxy) is 1. The van der Waals surface area contributed by atoms with Gasteiger partial charge >= 0.3 is 0 Å². The molecule has 0 amide bonds. The van der Waals surface area contributed by atoms with Crippen molar-refractivity contribution in [3.05, 3.63) is 17.1 Å². The van der Waals surface area contributed by atoms with E-state index < -0.39 is 0 Å². The fourth-order valence-electron chi connectivity index (χ4n) is 1.16. The number of hydrogen-bond acceptors (Lipinski definition) is 5. The summed E-state index contributed by atoms with van der Waals surface area (Å²) in [4.78, 5) is 4.01. The van der Waals surface area contributed by atoms with Crippen molar-refractivity contribution < 1.29 is 9.84 Å². The van der Waals surface area contributed by atoms with Crippen molar-refractivity contribution in [2.24, 2.45) is 0 Å². The summed E-state index contributed by atoms with van der Waals surface area (Å²) >= 11 is 1.27. The van der Waals surface area contributed by atoms with E-state index in [4.69, 9.17) is 10.00 Å². The molecule has 1 N–H and O–H groups in total. The van der Waals surface area contributed by atoms with Crippen molar-refractivity contribution in [2.45, 2.75) is 0 Å². The number of aromatic hydroxyl groups is 1. The largest absolute Gasteiger partial charge is 0.504 e. The Balaban J connectivity index is 2.71. The van der Waals surface area contributed by atoms with E-state index in [0.717, 1.165) is 4.70 Å². The molecule has 5 heteroatoms. The van der Waals surface area contributed by atoms with Crippen LogP contribution in [0.15, 0.2) is 12.1 Å². The van der Waals surface area contributed by atoms with Gasteiger partial charge in [0.15, 0.2) is 16.5 Å². The van der Waals surface area contributed by atoms with E-state index in [1.807, 2.05) is 6.07 Å². The monoisotopic (exact) mass is 206 g/mol. The number of methoxy groups -OCH3 is 1. The summed E-state index contributed by atoms with van der Waals surface area (Å²) in [6.45, 7) is 0. The van der Waals surface area contributed by atoms with E-state index in [-0.39, 0.29) is 5.75 Å². The molecular formula is C9H6N2O2S. The second-order valence-electron chi connectivity index (χ2n) is 2.62. The Morgan fingerprint density at radius 3 is 3.00 bits per heavy atom. The van der Waals surface area contributed by atoms with Crippen LogP contribution < -0.4 is 4.74 Å². The minimum atomic E-state index is 0.0368. The van der Waals surface area contributed by atoms with Crippen LogP contribution in [0.1, 0.15) is 5.01 Å². The number of thiazole rings is 1. The fraction of sp³-hybridized carbons (Fsp3) is 0.111. The highest BCUT2D eigenvalue weighted by atomic mass is 32.1. The van der Waals surface area contributed by atoms with Gasteiger partial charge in [-0.2, -0.15) is 5.26 Å². The number of rotatable bonds is 1. The number of nitriles is 1. The average Bonchev–Trinajstić information content (AvgIpc) is 2.58. The lowest BCUT2D eigenvalue weighted by atomic mass is 10.3. The van der Waals surface area contributed by atoms with E-state index >= 15 is 0 Å². The summed E-state index contributed by atoms with van der Waals surface area (Å²) < 4.78 is 5.77. The minimum Gasteiger partial charge on any atom is -0.504 e. The molecule has 1 aromatic carbocycles. The average molecular weight is 206 g/mol. The van der Waals surface area contributed by atoms with Gasteiger partial charge < -0.3 is 9.84 Å². The predicted molar refractivity (Wildman–Crippen MR) is 52.6 cm³/mol. The number of fused-ring (bicyclic) bond motifs is 1. The first-order valence-electron chi connectivity index (χ1n) is 3.82. The van der Waals surface area contributed by atoms with Crippen molar-refractivity contribution in [1.29, 1.82) is 5.26 Å². The molecule has 0 saturated heterocycles. The maximum Gasteiger partial charge on any atom is 0.195 e. The standard InChI is InChI=1S/C9H6N2O2S/c1-13-7-3-8-5(2-6(7)12)11-9(4-10)14-8/h2-3,12H,1H3. The highest BCUT2D eigenvalue weighted by Gasteiger charge is 2.08. The van der Waals surface area contributed by atoms with Crippen LogP contribution in [0.4, 0.5) is 0 Å². The molecule has 0 fully saturated rings. The normalized spacial score (nSPS) is 10.0. The van der Waals surface area contributed by atoms with Crippen molar-refractivity contribution in [3.8, 4) is 17.6 Å². The van der Waals surface area contributed by atoms with Gasteiger partial charge in [-0.15, -0.1) is 11.3 Å². The fourth-order valence-corrected chi connectivity index (χ4v) is 1.93. The van der Waals surface area contributed by atoms with Crippen LogP contribution in [0.5, 0.6) is 11.5 Å². The van der Waals surface area contributed by atoms with Crippen LogP contribution in [0.3, 0.4) is 0 Å². The molecule has 0 unspecified atom stereocenters. The summed E-state index contributed by atoms with van der Waals surface area (Å²) in [5, 5.41) is 18.5. The number of aromatic nitrogens is 1. The molecule has 0 saturated carbocycles. The number of hydrogen-bond donors (Lipinski definition) is 1. The molecule has 0 aliphatic carbocycles. The van der Waals surface area contributed by atoms with Gasteiger partial charge in [0, 0.05) is 12.1 Å². The lowest BCUT2D eigenvalue weighted by Crippen LogP contribution is -1.82. The molecule has 0 aliphatic heterocycles. The van der Waals surface area contributed by atoms with Gasteiger partial charge in [-0.1, -0.05) is 0 Å². The molecule has 0 bridgehead atoms. The van der Waals surface area contributed by atoms with Crippen LogP contribution in [-0.4, -0.2) is 17.2 Å². The Labute approximate surface area is 84.0 Å². The molecule has 2 aromatic rings. The zero-order valence-corrected chi connectivity index (χ0v) is 8.13. The third-order valence-corrected chi connectivity index (χ3v) is 2.71. The molecule has 0 radical (unpaired) electrons. The molecular weight excluding hydrogens is 200 g/mol. The van der Waals surface area contributed by atoms with Crippen LogP contribution in [0, 0.1) is 11.3 Å². The smallest absolute Gasteiger partial charge is 0.195 e. The van der Waals surface area contributed by atoms with Crippen molar-refractivity contribution in [2.75, 3.05) is 7.11 Å². The number of phenolic OH excluding ortho intramolecular Hbond substituents is 1. The second kappa shape index (κ2) is 3.16. The zero-order valence-electron chi connectivity index (χ0n) is 7.31. The third kappa shape index (κ3) is 1.26. The number of benzene rings is 1. The van der Waals surface area contributed by atoms with E-state index in [0.29, 0.717) is 16.3 Å². The molecule has 2 rings (SSSR count). The quantitative estimate of drug-likeness (QED) is 0.773. The first kappa shape index (κ1) is 8.78. The maximum atomic E-state index is 9.45. The van der Waals surface area contributed by atoms with Crippen molar-refractivity contribution in [3.63, 3.8) is 0 Å². The summed E-state index contributed by atoms with van der Waals surface area (Å²) in [7, 11) is 1.48. The zero-order chi connectivity index (χ0) is 10.1. The molecule has 0 atom stereocenters. The van der Waals surface area contributed by atoms with E-state index in [9.17, 15) is 5.11 Å². The Hall–Kier alpha value is -1.80. The van der Waals surface area contributed by atoms with Crippen LogP contribution in [0.2, 0.25) is 0 Å². The SMILES string of the molecule is COc1cc2sc(C#N)nc2cc1O. The number of nitrogens with zero attached hydrogens (tertiary/aromatic N) is 2. The van der Waals surface area contributed by atoms with Crippen molar-refractivity contribution in [1.82, 2.24) is 4.98 Å². The first-order valence-corrected chi connectivity index (χ1v) is 4.64. The van der Waals surface area contributed by atoms with Gasteiger partial charge in [-0.25, -0.2) is 4.98 Å². The Morgan fingerprint density at radius 1 is 1.57 bits per heavy atom. The van der Waals surface area contributed by atoms with Gasteiger partial charge in [-0.05, 0) is 0 Å². The Bertz CT molecular complexity index is 527. The lowest BCUT2D eigenvalue weighted by Gasteiger charge is -2.01. The Kier molecular flexibility index (Phi) is 1.98. The second-order valence-corrected chi connectivity index (χ2v) is 3.65.